The van der Waals surface area contributed by atoms with Gasteiger partial charge >= 0.3 is 0 Å². The number of aromatic nitrogens is 3. The fourth-order valence-corrected chi connectivity index (χ4v) is 3.93. The Morgan fingerprint density at radius 3 is 2.11 bits per heavy atom. The Hall–Kier alpha value is -4.07. The van der Waals surface area contributed by atoms with Crippen molar-refractivity contribution in [1.82, 2.24) is 19.9 Å². The summed E-state index contributed by atoms with van der Waals surface area (Å²) >= 11 is 0. The number of oxazole rings is 1. The summed E-state index contributed by atoms with van der Waals surface area (Å²) in [7, 11) is 1.60. The fraction of sp³-hybridized carbons (Fsp3) is 0.179. The monoisotopic (exact) mass is 466 g/mol. The zero-order valence-corrected chi connectivity index (χ0v) is 19.5. The van der Waals surface area contributed by atoms with Crippen molar-refractivity contribution >= 4 is 11.1 Å². The van der Waals surface area contributed by atoms with E-state index in [0.717, 1.165) is 39.4 Å². The predicted octanol–water partition coefficient (Wildman–Crippen LogP) is 5.47. The van der Waals surface area contributed by atoms with Gasteiger partial charge in [-0.3, -0.25) is 14.9 Å². The third kappa shape index (κ3) is 5.71. The van der Waals surface area contributed by atoms with Crippen molar-refractivity contribution in [3.63, 3.8) is 0 Å². The Morgan fingerprint density at radius 2 is 1.49 bits per heavy atom. The van der Waals surface area contributed by atoms with E-state index in [2.05, 4.69) is 20.9 Å². The van der Waals surface area contributed by atoms with E-state index in [1.165, 1.54) is 0 Å². The van der Waals surface area contributed by atoms with Crippen molar-refractivity contribution in [3.05, 3.63) is 108 Å². The van der Waals surface area contributed by atoms with Gasteiger partial charge < -0.3 is 13.9 Å². The van der Waals surface area contributed by atoms with Crippen molar-refractivity contribution in [1.29, 1.82) is 0 Å². The van der Waals surface area contributed by atoms with E-state index >= 15 is 0 Å². The molecule has 3 heterocycles. The van der Waals surface area contributed by atoms with Crippen LogP contribution < -0.4 is 4.74 Å². The van der Waals surface area contributed by atoms with Gasteiger partial charge in [0, 0.05) is 44.7 Å². The molecule has 7 heteroatoms. The highest BCUT2D eigenvalue weighted by Gasteiger charge is 2.16. The van der Waals surface area contributed by atoms with Crippen LogP contribution >= 0.6 is 0 Å². The van der Waals surface area contributed by atoms with E-state index in [1.54, 1.807) is 7.11 Å². The lowest BCUT2D eigenvalue weighted by molar-refractivity contribution is 0.0511. The molecule has 35 heavy (non-hydrogen) atoms. The lowest BCUT2D eigenvalue weighted by atomic mass is 10.1. The minimum absolute atomic E-state index is 0.207. The minimum Gasteiger partial charge on any atom is -0.468 e. The molecule has 0 N–H and O–H groups in total. The maximum absolute atomic E-state index is 6.11. The van der Waals surface area contributed by atoms with Crippen LogP contribution in [0.3, 0.4) is 0 Å². The maximum Gasteiger partial charge on any atom is 0.227 e. The second-order valence-corrected chi connectivity index (χ2v) is 8.15. The first-order chi connectivity index (χ1) is 17.3. The van der Waals surface area contributed by atoms with Crippen LogP contribution in [0.15, 0.2) is 95.7 Å². The smallest absolute Gasteiger partial charge is 0.227 e. The van der Waals surface area contributed by atoms with Gasteiger partial charge in [-0.05, 0) is 60.2 Å². The summed E-state index contributed by atoms with van der Waals surface area (Å²) in [5.74, 6) is 1.30. The van der Waals surface area contributed by atoms with Gasteiger partial charge in [0.1, 0.15) is 11.3 Å². The van der Waals surface area contributed by atoms with Crippen molar-refractivity contribution in [2.45, 2.75) is 19.6 Å². The number of hydrogen-bond donors (Lipinski definition) is 0. The van der Waals surface area contributed by atoms with Gasteiger partial charge in [0.25, 0.3) is 0 Å². The Bertz CT molecular complexity index is 1310. The van der Waals surface area contributed by atoms with Crippen LogP contribution in [-0.4, -0.2) is 33.8 Å². The van der Waals surface area contributed by atoms with Crippen LogP contribution in [-0.2, 0) is 24.4 Å². The van der Waals surface area contributed by atoms with Crippen LogP contribution in [0.1, 0.15) is 17.0 Å². The molecular formula is C28H26N4O3. The summed E-state index contributed by atoms with van der Waals surface area (Å²) in [6, 6.07) is 25.7. The molecule has 5 aromatic rings. The summed E-state index contributed by atoms with van der Waals surface area (Å²) < 4.78 is 16.5. The Balaban J connectivity index is 1.41. The predicted molar refractivity (Wildman–Crippen MR) is 133 cm³/mol. The van der Waals surface area contributed by atoms with Crippen LogP contribution in [0.2, 0.25) is 0 Å². The van der Waals surface area contributed by atoms with Crippen molar-refractivity contribution in [2.24, 2.45) is 0 Å². The molecule has 0 radical (unpaired) electrons. The Morgan fingerprint density at radius 1 is 0.771 bits per heavy atom. The van der Waals surface area contributed by atoms with Gasteiger partial charge in [-0.15, -0.1) is 0 Å². The molecule has 0 unspecified atom stereocenters. The molecule has 2 aromatic carbocycles. The molecule has 0 bridgehead atoms. The van der Waals surface area contributed by atoms with Crippen LogP contribution in [0, 0.1) is 0 Å². The third-order valence-corrected chi connectivity index (χ3v) is 5.56. The summed E-state index contributed by atoms with van der Waals surface area (Å²) in [4.78, 5) is 16.2. The number of pyridine rings is 2. The van der Waals surface area contributed by atoms with E-state index in [-0.39, 0.29) is 6.79 Å². The SMILES string of the molecule is COCOc1ccc(-c2nc3c(CN(Cc4ccccn4)Cc4ccccn4)cccc3o2)cc1. The first-order valence-corrected chi connectivity index (χ1v) is 11.4. The quantitative estimate of drug-likeness (QED) is 0.253. The van der Waals surface area contributed by atoms with Gasteiger partial charge in [-0.2, -0.15) is 0 Å². The molecule has 0 spiro atoms. The number of methoxy groups -OCH3 is 1. The molecule has 0 saturated heterocycles. The van der Waals surface area contributed by atoms with E-state index in [4.69, 9.17) is 18.9 Å². The molecule has 7 nitrogen and oxygen atoms in total. The molecule has 5 rings (SSSR count). The zero-order valence-electron chi connectivity index (χ0n) is 19.5. The molecule has 176 valence electrons. The molecule has 0 fully saturated rings. The van der Waals surface area contributed by atoms with Crippen molar-refractivity contribution in [3.8, 4) is 17.2 Å². The lowest BCUT2D eigenvalue weighted by Gasteiger charge is -2.22. The summed E-state index contributed by atoms with van der Waals surface area (Å²) in [5, 5.41) is 0. The first-order valence-electron chi connectivity index (χ1n) is 11.4. The Labute approximate surface area is 204 Å². The van der Waals surface area contributed by atoms with Gasteiger partial charge in [0.05, 0.1) is 11.4 Å². The zero-order chi connectivity index (χ0) is 23.9. The fourth-order valence-electron chi connectivity index (χ4n) is 3.93. The van der Waals surface area contributed by atoms with Gasteiger partial charge in [0.15, 0.2) is 12.4 Å². The average Bonchev–Trinajstić information content (AvgIpc) is 3.34. The number of ether oxygens (including phenoxy) is 2. The summed E-state index contributed by atoms with van der Waals surface area (Å²) in [6.45, 7) is 2.28. The van der Waals surface area contributed by atoms with E-state index < -0.39 is 0 Å². The summed E-state index contributed by atoms with van der Waals surface area (Å²) in [5.41, 5.74) is 5.60. The molecule has 0 aliphatic carbocycles. The number of hydrogen-bond acceptors (Lipinski definition) is 7. The molecule has 3 aromatic heterocycles. The van der Waals surface area contributed by atoms with Gasteiger partial charge in [-0.25, -0.2) is 4.98 Å². The number of benzene rings is 2. The van der Waals surface area contributed by atoms with Gasteiger partial charge in [0.2, 0.25) is 5.89 Å². The number of nitrogens with zero attached hydrogens (tertiary/aromatic N) is 4. The average molecular weight is 467 g/mol. The standard InChI is InChI=1S/C28H26N4O3/c1-33-20-34-25-13-11-21(12-14-25)28-31-27-22(7-6-10-26(27)35-28)17-32(18-23-8-2-4-15-29-23)19-24-9-3-5-16-30-24/h2-16H,17-20H2,1H3. The Kier molecular flexibility index (Phi) is 7.07. The maximum atomic E-state index is 6.11. The topological polar surface area (TPSA) is 73.5 Å². The van der Waals surface area contributed by atoms with Gasteiger partial charge in [-0.1, -0.05) is 24.3 Å². The highest BCUT2D eigenvalue weighted by atomic mass is 16.7. The highest BCUT2D eigenvalue weighted by molar-refractivity contribution is 5.79. The normalized spacial score (nSPS) is 11.3. The van der Waals surface area contributed by atoms with Crippen LogP contribution in [0.4, 0.5) is 0 Å². The lowest BCUT2D eigenvalue weighted by Crippen LogP contribution is -2.23. The second-order valence-electron chi connectivity index (χ2n) is 8.15. The van der Waals surface area contributed by atoms with E-state index in [1.807, 2.05) is 85.2 Å². The molecular weight excluding hydrogens is 440 g/mol. The first kappa shape index (κ1) is 22.7. The van der Waals surface area contributed by atoms with Crippen LogP contribution in [0.5, 0.6) is 5.75 Å². The van der Waals surface area contributed by atoms with Crippen LogP contribution in [0.25, 0.3) is 22.6 Å². The number of fused-ring (bicyclic) bond motifs is 1. The molecule has 0 saturated carbocycles. The van der Waals surface area contributed by atoms with Crippen molar-refractivity contribution < 1.29 is 13.9 Å². The highest BCUT2D eigenvalue weighted by Crippen LogP contribution is 2.28. The molecule has 0 aliphatic rings. The second kappa shape index (κ2) is 10.9. The number of para-hydroxylation sites is 1. The summed E-state index contributed by atoms with van der Waals surface area (Å²) in [6.07, 6.45) is 3.65. The molecule has 0 amide bonds. The third-order valence-electron chi connectivity index (χ3n) is 5.56. The minimum atomic E-state index is 0.207. The van der Waals surface area contributed by atoms with E-state index in [0.29, 0.717) is 25.5 Å². The van der Waals surface area contributed by atoms with E-state index in [9.17, 15) is 0 Å². The van der Waals surface area contributed by atoms with Crippen molar-refractivity contribution in [2.75, 3.05) is 13.9 Å². The number of rotatable bonds is 10. The largest absolute Gasteiger partial charge is 0.468 e. The molecule has 0 atom stereocenters. The molecule has 0 aliphatic heterocycles.